The first-order valence-electron chi connectivity index (χ1n) is 5.72. The van der Waals surface area contributed by atoms with E-state index in [2.05, 4.69) is 9.97 Å². The molecule has 1 aromatic heterocycles. The number of nitrogens with two attached hydrogens (primary N) is 1. The van der Waals surface area contributed by atoms with Crippen LogP contribution in [0.2, 0.25) is 0 Å². The summed E-state index contributed by atoms with van der Waals surface area (Å²) in [5, 5.41) is 9.05. The zero-order valence-electron chi connectivity index (χ0n) is 10.6. The van der Waals surface area contributed by atoms with Crippen molar-refractivity contribution in [1.82, 2.24) is 9.97 Å². The number of nitrogen functional groups attached to an aromatic ring is 1. The summed E-state index contributed by atoms with van der Waals surface area (Å²) in [4.78, 5) is 10.1. The largest absolute Gasteiger partial charge is 0.476 e. The Hall–Kier alpha value is -1.56. The van der Waals surface area contributed by atoms with E-state index in [1.165, 1.54) is 6.33 Å². The van der Waals surface area contributed by atoms with Crippen LogP contribution in [0.15, 0.2) is 6.33 Å². The predicted molar refractivity (Wildman–Crippen MR) is 67.2 cm³/mol. The SMILES string of the molecule is CCOc1ncnc(N(CCO)C(C)C)c1N. The predicted octanol–water partition coefficient (Wildman–Crippen LogP) is 0.665. The Bertz CT molecular complexity index is 357. The van der Waals surface area contributed by atoms with Gasteiger partial charge >= 0.3 is 0 Å². The minimum absolute atomic E-state index is 0.0472. The van der Waals surface area contributed by atoms with E-state index in [1.807, 2.05) is 25.7 Å². The number of ether oxygens (including phenoxy) is 1. The molecular weight excluding hydrogens is 220 g/mol. The smallest absolute Gasteiger partial charge is 0.242 e. The first-order valence-corrected chi connectivity index (χ1v) is 5.72. The zero-order chi connectivity index (χ0) is 12.8. The van der Waals surface area contributed by atoms with Gasteiger partial charge in [-0.1, -0.05) is 0 Å². The lowest BCUT2D eigenvalue weighted by Gasteiger charge is -2.28. The molecule has 0 spiro atoms. The standard InChI is InChI=1S/C11H20N4O2/c1-4-17-11-9(12)10(13-7-14-11)15(5-6-16)8(2)3/h7-8,16H,4-6,12H2,1-3H3. The molecule has 0 aliphatic carbocycles. The van der Waals surface area contributed by atoms with Crippen molar-refractivity contribution >= 4 is 11.5 Å². The second-order valence-electron chi connectivity index (χ2n) is 3.86. The van der Waals surface area contributed by atoms with Crippen LogP contribution in [-0.2, 0) is 0 Å². The van der Waals surface area contributed by atoms with Crippen LogP contribution >= 0.6 is 0 Å². The Labute approximate surface area is 101 Å². The molecule has 0 aliphatic heterocycles. The Morgan fingerprint density at radius 3 is 2.71 bits per heavy atom. The number of aromatic nitrogens is 2. The first kappa shape index (κ1) is 13.5. The molecule has 6 heteroatoms. The third-order valence-electron chi connectivity index (χ3n) is 2.34. The van der Waals surface area contributed by atoms with Crippen molar-refractivity contribution in [2.24, 2.45) is 0 Å². The highest BCUT2D eigenvalue weighted by atomic mass is 16.5. The summed E-state index contributed by atoms with van der Waals surface area (Å²) in [6.45, 7) is 6.92. The van der Waals surface area contributed by atoms with Crippen molar-refractivity contribution in [2.75, 3.05) is 30.4 Å². The van der Waals surface area contributed by atoms with Gasteiger partial charge in [0.25, 0.3) is 0 Å². The van der Waals surface area contributed by atoms with Crippen molar-refractivity contribution in [1.29, 1.82) is 0 Å². The Morgan fingerprint density at radius 2 is 2.18 bits per heavy atom. The molecule has 0 unspecified atom stereocenters. The van der Waals surface area contributed by atoms with Crippen LogP contribution in [0, 0.1) is 0 Å². The van der Waals surface area contributed by atoms with Crippen LogP contribution in [0.3, 0.4) is 0 Å². The molecule has 96 valence electrons. The molecular formula is C11H20N4O2. The third-order valence-corrected chi connectivity index (χ3v) is 2.34. The third kappa shape index (κ3) is 3.20. The van der Waals surface area contributed by atoms with E-state index in [4.69, 9.17) is 15.6 Å². The Kier molecular flexibility index (Phi) is 4.96. The van der Waals surface area contributed by atoms with E-state index in [1.54, 1.807) is 0 Å². The van der Waals surface area contributed by atoms with Crippen molar-refractivity contribution in [3.05, 3.63) is 6.33 Å². The van der Waals surface area contributed by atoms with Crippen LogP contribution < -0.4 is 15.4 Å². The van der Waals surface area contributed by atoms with Gasteiger partial charge in [0.2, 0.25) is 5.88 Å². The van der Waals surface area contributed by atoms with Gasteiger partial charge in [0, 0.05) is 12.6 Å². The number of hydrogen-bond donors (Lipinski definition) is 2. The first-order chi connectivity index (χ1) is 8.11. The fraction of sp³-hybridized carbons (Fsp3) is 0.636. The Morgan fingerprint density at radius 1 is 1.47 bits per heavy atom. The molecule has 0 aromatic carbocycles. The van der Waals surface area contributed by atoms with Crippen LogP contribution in [0.1, 0.15) is 20.8 Å². The normalized spacial score (nSPS) is 10.6. The number of aliphatic hydroxyl groups is 1. The van der Waals surface area contributed by atoms with E-state index in [-0.39, 0.29) is 12.6 Å². The van der Waals surface area contributed by atoms with Gasteiger partial charge in [0.05, 0.1) is 13.2 Å². The summed E-state index contributed by atoms with van der Waals surface area (Å²) >= 11 is 0. The highest BCUT2D eigenvalue weighted by Crippen LogP contribution is 2.28. The molecule has 0 fully saturated rings. The molecule has 0 bridgehead atoms. The second-order valence-corrected chi connectivity index (χ2v) is 3.86. The molecule has 0 amide bonds. The minimum atomic E-state index is 0.0472. The molecule has 0 saturated carbocycles. The molecule has 1 aromatic rings. The van der Waals surface area contributed by atoms with Crippen LogP contribution in [0.25, 0.3) is 0 Å². The molecule has 0 radical (unpaired) electrons. The summed E-state index contributed by atoms with van der Waals surface area (Å²) in [6, 6.07) is 0.189. The van der Waals surface area contributed by atoms with E-state index in [0.29, 0.717) is 30.5 Å². The zero-order valence-corrected chi connectivity index (χ0v) is 10.6. The summed E-state index contributed by atoms with van der Waals surface area (Å²) < 4.78 is 5.32. The minimum Gasteiger partial charge on any atom is -0.476 e. The number of rotatable bonds is 6. The topological polar surface area (TPSA) is 84.5 Å². The van der Waals surface area contributed by atoms with Crippen LogP contribution in [0.5, 0.6) is 5.88 Å². The quantitative estimate of drug-likeness (QED) is 0.760. The van der Waals surface area contributed by atoms with Crippen LogP contribution in [-0.4, -0.2) is 40.9 Å². The lowest BCUT2D eigenvalue weighted by Crippen LogP contribution is -2.34. The van der Waals surface area contributed by atoms with Gasteiger partial charge in [-0.15, -0.1) is 0 Å². The summed E-state index contributed by atoms with van der Waals surface area (Å²) in [7, 11) is 0. The lowest BCUT2D eigenvalue weighted by atomic mass is 10.3. The van der Waals surface area contributed by atoms with Gasteiger partial charge in [0.15, 0.2) is 5.82 Å². The van der Waals surface area contributed by atoms with E-state index in [9.17, 15) is 0 Å². The average molecular weight is 240 g/mol. The number of aliphatic hydroxyl groups excluding tert-OH is 1. The molecule has 1 rings (SSSR count). The van der Waals surface area contributed by atoms with Crippen molar-refractivity contribution in [3.63, 3.8) is 0 Å². The van der Waals surface area contributed by atoms with Crippen LogP contribution in [0.4, 0.5) is 11.5 Å². The molecule has 1 heterocycles. The van der Waals surface area contributed by atoms with Crippen molar-refractivity contribution < 1.29 is 9.84 Å². The van der Waals surface area contributed by atoms with Gasteiger partial charge in [-0.25, -0.2) is 4.98 Å². The maximum atomic E-state index is 9.05. The molecule has 17 heavy (non-hydrogen) atoms. The summed E-state index contributed by atoms with van der Waals surface area (Å²) in [5.74, 6) is 0.994. The van der Waals surface area contributed by atoms with Gasteiger partial charge < -0.3 is 20.5 Å². The maximum absolute atomic E-state index is 9.05. The van der Waals surface area contributed by atoms with Crippen molar-refractivity contribution in [2.45, 2.75) is 26.8 Å². The highest BCUT2D eigenvalue weighted by Gasteiger charge is 2.17. The van der Waals surface area contributed by atoms with Gasteiger partial charge in [-0.05, 0) is 20.8 Å². The molecule has 6 nitrogen and oxygen atoms in total. The lowest BCUT2D eigenvalue weighted by molar-refractivity contribution is 0.298. The summed E-state index contributed by atoms with van der Waals surface area (Å²) in [5.41, 5.74) is 6.38. The maximum Gasteiger partial charge on any atom is 0.242 e. The molecule has 0 saturated heterocycles. The van der Waals surface area contributed by atoms with Gasteiger partial charge in [0.1, 0.15) is 12.0 Å². The molecule has 3 N–H and O–H groups in total. The van der Waals surface area contributed by atoms with E-state index >= 15 is 0 Å². The fourth-order valence-corrected chi connectivity index (χ4v) is 1.57. The summed E-state index contributed by atoms with van der Waals surface area (Å²) in [6.07, 6.45) is 1.42. The highest BCUT2D eigenvalue weighted by molar-refractivity contribution is 5.68. The Balaban J connectivity index is 3.06. The van der Waals surface area contributed by atoms with E-state index in [0.717, 1.165) is 0 Å². The van der Waals surface area contributed by atoms with Crippen molar-refractivity contribution in [3.8, 4) is 5.88 Å². The fourth-order valence-electron chi connectivity index (χ4n) is 1.57. The van der Waals surface area contributed by atoms with Gasteiger partial charge in [-0.3, -0.25) is 0 Å². The molecule has 0 aliphatic rings. The van der Waals surface area contributed by atoms with E-state index < -0.39 is 0 Å². The number of nitrogens with zero attached hydrogens (tertiary/aromatic N) is 3. The number of hydrogen-bond acceptors (Lipinski definition) is 6. The van der Waals surface area contributed by atoms with Gasteiger partial charge in [-0.2, -0.15) is 4.98 Å². The second kappa shape index (κ2) is 6.24. The molecule has 0 atom stereocenters. The monoisotopic (exact) mass is 240 g/mol. The average Bonchev–Trinajstić information content (AvgIpc) is 2.29. The number of anilines is 2.